The van der Waals surface area contributed by atoms with E-state index in [-0.39, 0.29) is 23.8 Å². The Labute approximate surface area is 183 Å². The van der Waals surface area contributed by atoms with Crippen molar-refractivity contribution in [1.29, 1.82) is 0 Å². The number of nitrogens with zero attached hydrogens (tertiary/aromatic N) is 1. The van der Waals surface area contributed by atoms with Gasteiger partial charge < -0.3 is 15.7 Å². The molecule has 1 heterocycles. The fraction of sp³-hybridized carbons (Fsp3) is 0.360. The largest absolute Gasteiger partial charge is 0.480 e. The summed E-state index contributed by atoms with van der Waals surface area (Å²) in [6.45, 7) is 4.50. The molecule has 0 saturated carbocycles. The Balaban J connectivity index is 1.77. The zero-order valence-corrected chi connectivity index (χ0v) is 17.9. The van der Waals surface area contributed by atoms with Crippen LogP contribution in [0.3, 0.4) is 0 Å². The van der Waals surface area contributed by atoms with E-state index in [9.17, 15) is 14.7 Å². The van der Waals surface area contributed by atoms with Gasteiger partial charge in [0.25, 0.3) is 5.91 Å². The number of carboxylic acids is 1. The first-order chi connectivity index (χ1) is 14.9. The van der Waals surface area contributed by atoms with E-state index in [0.717, 1.165) is 11.3 Å². The summed E-state index contributed by atoms with van der Waals surface area (Å²) in [5, 5.41) is 15.7. The van der Waals surface area contributed by atoms with E-state index in [1.165, 1.54) is 0 Å². The van der Waals surface area contributed by atoms with Crippen molar-refractivity contribution in [3.05, 3.63) is 83.4 Å². The lowest BCUT2D eigenvalue weighted by atomic mass is 9.84. The van der Waals surface area contributed by atoms with Crippen LogP contribution in [0.4, 0.5) is 0 Å². The topological polar surface area (TPSA) is 91.3 Å². The van der Waals surface area contributed by atoms with Gasteiger partial charge in [0.05, 0.1) is 5.69 Å². The normalized spacial score (nSPS) is 20.9. The van der Waals surface area contributed by atoms with Crippen molar-refractivity contribution in [3.63, 3.8) is 0 Å². The van der Waals surface area contributed by atoms with Gasteiger partial charge in [0, 0.05) is 30.3 Å². The quantitative estimate of drug-likeness (QED) is 0.534. The van der Waals surface area contributed by atoms with E-state index in [2.05, 4.69) is 27.4 Å². The molecule has 31 heavy (non-hydrogen) atoms. The molecule has 3 N–H and O–H groups in total. The first-order valence-electron chi connectivity index (χ1n) is 10.6. The molecule has 2 unspecified atom stereocenters. The molecule has 2 aliphatic carbocycles. The third-order valence-electron chi connectivity index (χ3n) is 5.24. The smallest absolute Gasteiger partial charge is 0.326 e. The number of aromatic nitrogens is 1. The molecule has 0 fully saturated rings. The number of hydrogen-bond donors (Lipinski definition) is 3. The summed E-state index contributed by atoms with van der Waals surface area (Å²) in [4.78, 5) is 29.0. The second kappa shape index (κ2) is 10.7. The number of carbonyl (C=O) groups is 2. The molecular weight excluding hydrogens is 390 g/mol. The predicted molar refractivity (Wildman–Crippen MR) is 120 cm³/mol. The number of hydrogen-bond acceptors (Lipinski definition) is 4. The highest BCUT2D eigenvalue weighted by Crippen LogP contribution is 2.29. The van der Waals surface area contributed by atoms with Crippen LogP contribution in [-0.4, -0.2) is 34.1 Å². The summed E-state index contributed by atoms with van der Waals surface area (Å²) >= 11 is 0. The minimum atomic E-state index is -1.01. The van der Waals surface area contributed by atoms with Gasteiger partial charge in [0.1, 0.15) is 6.04 Å². The molecule has 1 amide bonds. The number of allylic oxidation sites excluding steroid dienone is 3. The van der Waals surface area contributed by atoms with Gasteiger partial charge in [-0.15, -0.1) is 5.73 Å². The lowest BCUT2D eigenvalue weighted by molar-refractivity contribution is -0.141. The van der Waals surface area contributed by atoms with Crippen molar-refractivity contribution in [2.75, 3.05) is 0 Å². The van der Waals surface area contributed by atoms with E-state index in [4.69, 9.17) is 0 Å². The Hall–Kier alpha value is -3.21. The number of amides is 1. The maximum Gasteiger partial charge on any atom is 0.326 e. The standard InChI is InChI=1S/C25H29N3O3/c1-17(2)14-23(25(30)31)28-24(29)21-12-11-19(27-16-20-10-6-7-13-26-20)15-22(21)18-8-4-3-5-9-18/h3-4,6-10,12-13,15,17-19,23,27H,11,14,16H2,1-2H3,(H,28,29)(H,30,31)/t18?,19?,23-/m0/s1. The van der Waals surface area contributed by atoms with Crippen LogP contribution in [0.25, 0.3) is 0 Å². The van der Waals surface area contributed by atoms with Crippen LogP contribution in [0.5, 0.6) is 0 Å². The van der Waals surface area contributed by atoms with E-state index >= 15 is 0 Å². The molecule has 0 bridgehead atoms. The fourth-order valence-corrected chi connectivity index (χ4v) is 3.70. The zero-order valence-electron chi connectivity index (χ0n) is 17.9. The minimum Gasteiger partial charge on any atom is -0.480 e. The Bertz CT molecular complexity index is 953. The monoisotopic (exact) mass is 419 g/mol. The Morgan fingerprint density at radius 3 is 2.81 bits per heavy atom. The molecule has 162 valence electrons. The lowest BCUT2D eigenvalue weighted by Crippen LogP contribution is -2.43. The average molecular weight is 420 g/mol. The maximum absolute atomic E-state index is 13.1. The van der Waals surface area contributed by atoms with Gasteiger partial charge in [-0.1, -0.05) is 44.2 Å². The van der Waals surface area contributed by atoms with Crippen molar-refractivity contribution < 1.29 is 14.7 Å². The number of carboxylic acid groups (broad SMARTS) is 1. The van der Waals surface area contributed by atoms with Crippen LogP contribution in [0.1, 0.15) is 32.4 Å². The lowest BCUT2D eigenvalue weighted by Gasteiger charge is -2.26. The number of aliphatic carboxylic acids is 1. The third-order valence-corrected chi connectivity index (χ3v) is 5.24. The van der Waals surface area contributed by atoms with Crippen LogP contribution >= 0.6 is 0 Å². The van der Waals surface area contributed by atoms with Crippen molar-refractivity contribution in [2.24, 2.45) is 11.8 Å². The van der Waals surface area contributed by atoms with E-state index < -0.39 is 12.0 Å². The van der Waals surface area contributed by atoms with Crippen LogP contribution in [0.2, 0.25) is 0 Å². The molecule has 1 aromatic heterocycles. The van der Waals surface area contributed by atoms with Crippen LogP contribution in [0, 0.1) is 11.8 Å². The SMILES string of the molecule is CC(C)C[C@H](NC(=O)C1=CCC(NCc2ccccn2)C=C1C1C=C=CC=C1)C(=O)O. The Kier molecular flexibility index (Phi) is 7.76. The first kappa shape index (κ1) is 22.5. The molecule has 1 aromatic rings. The number of pyridine rings is 1. The maximum atomic E-state index is 13.1. The molecule has 3 atom stereocenters. The van der Waals surface area contributed by atoms with Crippen LogP contribution in [-0.2, 0) is 16.1 Å². The van der Waals surface area contributed by atoms with Gasteiger partial charge in [0.15, 0.2) is 0 Å². The second-order valence-electron chi connectivity index (χ2n) is 8.19. The molecule has 0 spiro atoms. The summed E-state index contributed by atoms with van der Waals surface area (Å²) < 4.78 is 0. The number of nitrogens with one attached hydrogen (secondary N) is 2. The van der Waals surface area contributed by atoms with Crippen molar-refractivity contribution in [1.82, 2.24) is 15.6 Å². The highest BCUT2D eigenvalue weighted by molar-refractivity contribution is 6.00. The molecule has 0 radical (unpaired) electrons. The van der Waals surface area contributed by atoms with Crippen molar-refractivity contribution in [3.8, 4) is 0 Å². The predicted octanol–water partition coefficient (Wildman–Crippen LogP) is 3.31. The zero-order chi connectivity index (χ0) is 22.2. The highest BCUT2D eigenvalue weighted by atomic mass is 16.4. The molecule has 0 saturated heterocycles. The number of carbonyl (C=O) groups excluding carboxylic acids is 1. The minimum absolute atomic E-state index is 0.0483. The van der Waals surface area contributed by atoms with Gasteiger partial charge in [-0.25, -0.2) is 4.79 Å². The third kappa shape index (κ3) is 6.38. The number of rotatable bonds is 9. The Morgan fingerprint density at radius 2 is 2.16 bits per heavy atom. The van der Waals surface area contributed by atoms with Gasteiger partial charge in [-0.3, -0.25) is 9.78 Å². The van der Waals surface area contributed by atoms with Gasteiger partial charge in [-0.2, -0.15) is 0 Å². The van der Waals surface area contributed by atoms with E-state index in [0.29, 0.717) is 25.0 Å². The molecule has 3 rings (SSSR count). The Morgan fingerprint density at radius 1 is 1.32 bits per heavy atom. The molecule has 6 heteroatoms. The molecular formula is C25H29N3O3. The van der Waals surface area contributed by atoms with Gasteiger partial charge in [0.2, 0.25) is 0 Å². The molecule has 6 nitrogen and oxygen atoms in total. The summed E-state index contributed by atoms with van der Waals surface area (Å²) in [5.41, 5.74) is 5.42. The average Bonchev–Trinajstić information content (AvgIpc) is 2.78. The molecule has 0 aliphatic heterocycles. The summed E-state index contributed by atoms with van der Waals surface area (Å²) in [5.74, 6) is -1.29. The van der Waals surface area contributed by atoms with Crippen LogP contribution < -0.4 is 10.6 Å². The van der Waals surface area contributed by atoms with E-state index in [1.807, 2.05) is 62.4 Å². The highest BCUT2D eigenvalue weighted by Gasteiger charge is 2.28. The summed E-state index contributed by atoms with van der Waals surface area (Å²) in [6, 6.07) is 4.94. The first-order valence-corrected chi connectivity index (χ1v) is 10.6. The fourth-order valence-electron chi connectivity index (χ4n) is 3.70. The van der Waals surface area contributed by atoms with Gasteiger partial charge >= 0.3 is 5.97 Å². The van der Waals surface area contributed by atoms with Crippen LogP contribution in [0.15, 0.2) is 77.7 Å². The van der Waals surface area contributed by atoms with Crippen molar-refractivity contribution >= 4 is 11.9 Å². The molecule has 0 aromatic carbocycles. The second-order valence-corrected chi connectivity index (χ2v) is 8.19. The summed E-state index contributed by atoms with van der Waals surface area (Å²) in [6.07, 6.45) is 14.4. The van der Waals surface area contributed by atoms with Crippen molar-refractivity contribution in [2.45, 2.75) is 45.3 Å². The molecule has 2 aliphatic rings. The van der Waals surface area contributed by atoms with E-state index in [1.54, 1.807) is 6.20 Å². The van der Waals surface area contributed by atoms with Gasteiger partial charge in [-0.05, 0) is 48.6 Å². The summed E-state index contributed by atoms with van der Waals surface area (Å²) in [7, 11) is 0.